The molecule has 0 radical (unpaired) electrons. The van der Waals surface area contributed by atoms with Crippen molar-refractivity contribution in [3.05, 3.63) is 65.0 Å². The second-order valence-electron chi connectivity index (χ2n) is 6.37. The van der Waals surface area contributed by atoms with E-state index in [9.17, 15) is 4.79 Å². The molecule has 0 saturated carbocycles. The van der Waals surface area contributed by atoms with E-state index in [2.05, 4.69) is 35.4 Å². The first kappa shape index (κ1) is 16.7. The molecule has 0 saturated heterocycles. The van der Waals surface area contributed by atoms with Crippen LogP contribution >= 0.6 is 0 Å². The first-order chi connectivity index (χ1) is 11.7. The quantitative estimate of drug-likeness (QED) is 0.855. The van der Waals surface area contributed by atoms with Gasteiger partial charge in [0.05, 0.1) is 7.11 Å². The number of pyridine rings is 1. The van der Waals surface area contributed by atoms with Gasteiger partial charge in [-0.05, 0) is 60.9 Å². The molecular weight excluding hydrogens is 300 g/mol. The molecule has 2 atom stereocenters. The summed E-state index contributed by atoms with van der Waals surface area (Å²) in [5.41, 5.74) is 4.93. The number of rotatable bonds is 5. The Morgan fingerprint density at radius 3 is 2.67 bits per heavy atom. The van der Waals surface area contributed by atoms with Gasteiger partial charge in [-0.25, -0.2) is 4.79 Å². The number of nitrogens with one attached hydrogen (secondary N) is 1. The van der Waals surface area contributed by atoms with Crippen LogP contribution in [0.4, 0.5) is 0 Å². The van der Waals surface area contributed by atoms with E-state index in [0.29, 0.717) is 0 Å². The van der Waals surface area contributed by atoms with Crippen LogP contribution in [0.1, 0.15) is 54.1 Å². The zero-order valence-corrected chi connectivity index (χ0v) is 14.3. The fourth-order valence-corrected chi connectivity index (χ4v) is 3.33. The predicted molar refractivity (Wildman–Crippen MR) is 93.6 cm³/mol. The first-order valence-corrected chi connectivity index (χ1v) is 8.54. The third-order valence-electron chi connectivity index (χ3n) is 4.74. The molecule has 0 fully saturated rings. The average molecular weight is 324 g/mol. The van der Waals surface area contributed by atoms with Crippen LogP contribution in [0.5, 0.6) is 0 Å². The lowest BCUT2D eigenvalue weighted by Crippen LogP contribution is -2.32. The Kier molecular flexibility index (Phi) is 5.26. The van der Waals surface area contributed by atoms with Crippen molar-refractivity contribution in [1.29, 1.82) is 0 Å². The molecule has 3 rings (SSSR count). The third-order valence-corrected chi connectivity index (χ3v) is 4.74. The molecule has 24 heavy (non-hydrogen) atoms. The average Bonchev–Trinajstić information content (AvgIpc) is 2.65. The van der Waals surface area contributed by atoms with E-state index in [-0.39, 0.29) is 12.0 Å². The standard InChI is InChI=1S/C20H24N2O2/c1-14(16-10-9-15-6-3-4-7-17(15)12-16)22-19(20(23)24-2)18-8-5-11-21-13-18/h5,8-14,19,22H,3-4,6-7H2,1-2H3/t14-,19+/m1/s1. The van der Waals surface area contributed by atoms with Gasteiger partial charge in [0.25, 0.3) is 0 Å². The largest absolute Gasteiger partial charge is 0.468 e. The molecule has 1 aromatic heterocycles. The van der Waals surface area contributed by atoms with Crippen LogP contribution in [0.25, 0.3) is 0 Å². The highest BCUT2D eigenvalue weighted by molar-refractivity contribution is 5.77. The Balaban J connectivity index is 1.80. The number of carbonyl (C=O) groups is 1. The van der Waals surface area contributed by atoms with Crippen LogP contribution in [-0.4, -0.2) is 18.1 Å². The maximum atomic E-state index is 12.2. The van der Waals surface area contributed by atoms with Gasteiger partial charge in [-0.1, -0.05) is 24.3 Å². The topological polar surface area (TPSA) is 51.2 Å². The summed E-state index contributed by atoms with van der Waals surface area (Å²) >= 11 is 0. The van der Waals surface area contributed by atoms with Crippen molar-refractivity contribution in [3.63, 3.8) is 0 Å². The molecule has 0 aliphatic heterocycles. The molecule has 4 heteroatoms. The normalized spacial score (nSPS) is 16.1. The minimum atomic E-state index is -0.519. The molecule has 1 aromatic carbocycles. The lowest BCUT2D eigenvalue weighted by atomic mass is 9.89. The van der Waals surface area contributed by atoms with Crippen molar-refractivity contribution < 1.29 is 9.53 Å². The fraction of sp³-hybridized carbons (Fsp3) is 0.400. The van der Waals surface area contributed by atoms with Gasteiger partial charge in [0.1, 0.15) is 6.04 Å². The van der Waals surface area contributed by atoms with Gasteiger partial charge in [-0.15, -0.1) is 0 Å². The van der Waals surface area contributed by atoms with Gasteiger partial charge in [0.2, 0.25) is 0 Å². The van der Waals surface area contributed by atoms with E-state index in [0.717, 1.165) is 12.0 Å². The zero-order valence-electron chi connectivity index (χ0n) is 14.3. The van der Waals surface area contributed by atoms with Gasteiger partial charge in [-0.3, -0.25) is 10.3 Å². The number of ether oxygens (including phenoxy) is 1. The molecular formula is C20H24N2O2. The number of benzene rings is 1. The number of hydrogen-bond donors (Lipinski definition) is 1. The van der Waals surface area contributed by atoms with Crippen LogP contribution in [0, 0.1) is 0 Å². The summed E-state index contributed by atoms with van der Waals surface area (Å²) in [6, 6.07) is 9.93. The summed E-state index contributed by atoms with van der Waals surface area (Å²) in [5, 5.41) is 3.39. The highest BCUT2D eigenvalue weighted by Gasteiger charge is 2.24. The number of hydrogen-bond acceptors (Lipinski definition) is 4. The lowest BCUT2D eigenvalue weighted by molar-refractivity contribution is -0.143. The molecule has 0 unspecified atom stereocenters. The van der Waals surface area contributed by atoms with Crippen LogP contribution in [0.2, 0.25) is 0 Å². The van der Waals surface area contributed by atoms with Gasteiger partial charge in [-0.2, -0.15) is 0 Å². The highest BCUT2D eigenvalue weighted by Crippen LogP contribution is 2.26. The van der Waals surface area contributed by atoms with Crippen molar-refractivity contribution >= 4 is 5.97 Å². The van der Waals surface area contributed by atoms with E-state index in [1.807, 2.05) is 12.1 Å². The zero-order chi connectivity index (χ0) is 16.9. The number of nitrogens with zero attached hydrogens (tertiary/aromatic N) is 1. The maximum absolute atomic E-state index is 12.2. The maximum Gasteiger partial charge on any atom is 0.327 e. The van der Waals surface area contributed by atoms with Crippen LogP contribution in [0.3, 0.4) is 0 Å². The van der Waals surface area contributed by atoms with E-state index in [4.69, 9.17) is 4.74 Å². The van der Waals surface area contributed by atoms with Crippen LogP contribution in [0.15, 0.2) is 42.7 Å². The summed E-state index contributed by atoms with van der Waals surface area (Å²) < 4.78 is 4.96. The Hall–Kier alpha value is -2.20. The lowest BCUT2D eigenvalue weighted by Gasteiger charge is -2.24. The Bertz CT molecular complexity index is 700. The second-order valence-corrected chi connectivity index (χ2v) is 6.37. The van der Waals surface area contributed by atoms with Crippen molar-refractivity contribution in [3.8, 4) is 0 Å². The fourth-order valence-electron chi connectivity index (χ4n) is 3.33. The Morgan fingerprint density at radius 1 is 1.17 bits per heavy atom. The summed E-state index contributed by atoms with van der Waals surface area (Å²) in [6.45, 7) is 2.08. The van der Waals surface area contributed by atoms with Gasteiger partial charge in [0.15, 0.2) is 0 Å². The minimum absolute atomic E-state index is 0.0431. The summed E-state index contributed by atoms with van der Waals surface area (Å²) in [7, 11) is 1.41. The van der Waals surface area contributed by atoms with Crippen molar-refractivity contribution in [2.45, 2.75) is 44.7 Å². The van der Waals surface area contributed by atoms with E-state index < -0.39 is 6.04 Å². The molecule has 1 heterocycles. The van der Waals surface area contributed by atoms with Gasteiger partial charge >= 0.3 is 5.97 Å². The molecule has 126 valence electrons. The number of methoxy groups -OCH3 is 1. The van der Waals surface area contributed by atoms with Crippen LogP contribution < -0.4 is 5.32 Å². The Labute approximate surface area is 143 Å². The monoisotopic (exact) mass is 324 g/mol. The van der Waals surface area contributed by atoms with Crippen LogP contribution in [-0.2, 0) is 22.4 Å². The molecule has 1 N–H and O–H groups in total. The summed E-state index contributed by atoms with van der Waals surface area (Å²) in [6.07, 6.45) is 8.28. The number of fused-ring (bicyclic) bond motifs is 1. The molecule has 1 aliphatic rings. The summed E-state index contributed by atoms with van der Waals surface area (Å²) in [5.74, 6) is -0.298. The Morgan fingerprint density at radius 2 is 1.96 bits per heavy atom. The minimum Gasteiger partial charge on any atom is -0.468 e. The number of aromatic nitrogens is 1. The first-order valence-electron chi connectivity index (χ1n) is 8.54. The van der Waals surface area contributed by atoms with E-state index in [1.54, 1.807) is 12.4 Å². The number of aryl methyl sites for hydroxylation is 2. The van der Waals surface area contributed by atoms with E-state index >= 15 is 0 Å². The smallest absolute Gasteiger partial charge is 0.327 e. The highest BCUT2D eigenvalue weighted by atomic mass is 16.5. The summed E-state index contributed by atoms with van der Waals surface area (Å²) in [4.78, 5) is 16.3. The van der Waals surface area contributed by atoms with Gasteiger partial charge in [0, 0.05) is 18.4 Å². The molecule has 2 aromatic rings. The van der Waals surface area contributed by atoms with Gasteiger partial charge < -0.3 is 4.74 Å². The van der Waals surface area contributed by atoms with Crippen molar-refractivity contribution in [2.24, 2.45) is 0 Å². The molecule has 0 amide bonds. The van der Waals surface area contributed by atoms with E-state index in [1.165, 1.54) is 43.1 Å². The molecule has 0 bridgehead atoms. The number of carbonyl (C=O) groups excluding carboxylic acids is 1. The predicted octanol–water partition coefficient (Wildman–Crippen LogP) is 3.53. The van der Waals surface area contributed by atoms with Crippen molar-refractivity contribution in [1.82, 2.24) is 10.3 Å². The van der Waals surface area contributed by atoms with Crippen molar-refractivity contribution in [2.75, 3.05) is 7.11 Å². The third kappa shape index (κ3) is 3.65. The molecule has 1 aliphatic carbocycles. The SMILES string of the molecule is COC(=O)[C@@H](N[C@H](C)c1ccc2c(c1)CCCC2)c1cccnc1. The molecule has 4 nitrogen and oxygen atoms in total. The number of esters is 1. The second kappa shape index (κ2) is 7.58. The molecule has 0 spiro atoms.